The minimum Gasteiger partial charge on any atom is -0.353 e. The quantitative estimate of drug-likeness (QED) is 0.611. The third kappa shape index (κ3) is 6.62. The number of carbonyl (C=O) groups excluding carboxylic acids is 2. The number of rotatable bonds is 9. The number of halogens is 1. The fourth-order valence-electron chi connectivity index (χ4n) is 4.36. The van der Waals surface area contributed by atoms with Gasteiger partial charge in [0.15, 0.2) is 0 Å². The largest absolute Gasteiger partial charge is 0.353 e. The Morgan fingerprint density at radius 3 is 2.42 bits per heavy atom. The summed E-state index contributed by atoms with van der Waals surface area (Å²) in [6, 6.07) is 13.4. The average molecular weight is 455 g/mol. The van der Waals surface area contributed by atoms with Gasteiger partial charge in [0.1, 0.15) is 11.9 Å². The Kier molecular flexibility index (Phi) is 8.58. The van der Waals surface area contributed by atoms with Gasteiger partial charge in [0.25, 0.3) is 5.91 Å². The molecule has 2 atom stereocenters. The standard InChI is InChI=1S/C26H35FN4O2/c1-18(2)15-30(16-20-6-4-19(3)5-7-20)23-14-24(25(32)29-13-12-28)31(17-23)26(33)21-8-10-22(27)11-9-21/h4-11,18,23-24H,12-17,28H2,1-3H3,(H,29,32). The Labute approximate surface area is 195 Å². The summed E-state index contributed by atoms with van der Waals surface area (Å²) in [5.74, 6) is -0.422. The van der Waals surface area contributed by atoms with Gasteiger partial charge in [0.05, 0.1) is 0 Å². The monoisotopic (exact) mass is 454 g/mol. The van der Waals surface area contributed by atoms with E-state index >= 15 is 0 Å². The number of amides is 2. The molecule has 1 heterocycles. The van der Waals surface area contributed by atoms with Crippen LogP contribution in [0.15, 0.2) is 48.5 Å². The van der Waals surface area contributed by atoms with Gasteiger partial charge in [-0.3, -0.25) is 14.5 Å². The molecule has 178 valence electrons. The Morgan fingerprint density at radius 1 is 1.15 bits per heavy atom. The third-order valence-electron chi connectivity index (χ3n) is 6.00. The molecule has 0 aromatic heterocycles. The van der Waals surface area contributed by atoms with E-state index in [0.717, 1.165) is 13.1 Å². The number of aryl methyl sites for hydroxylation is 1. The van der Waals surface area contributed by atoms with Crippen molar-refractivity contribution in [3.63, 3.8) is 0 Å². The van der Waals surface area contributed by atoms with Crippen molar-refractivity contribution < 1.29 is 14.0 Å². The minimum atomic E-state index is -0.591. The lowest BCUT2D eigenvalue weighted by Crippen LogP contribution is -2.47. The van der Waals surface area contributed by atoms with E-state index in [1.807, 2.05) is 0 Å². The molecule has 2 unspecified atom stereocenters. The first-order valence-corrected chi connectivity index (χ1v) is 11.6. The Hall–Kier alpha value is -2.77. The molecule has 3 N–H and O–H groups in total. The molecule has 2 amide bonds. The lowest BCUT2D eigenvalue weighted by atomic mass is 10.1. The highest BCUT2D eigenvalue weighted by atomic mass is 19.1. The van der Waals surface area contributed by atoms with Crippen LogP contribution in [0, 0.1) is 18.7 Å². The topological polar surface area (TPSA) is 78.7 Å². The van der Waals surface area contributed by atoms with Crippen LogP contribution in [-0.4, -0.2) is 59.9 Å². The van der Waals surface area contributed by atoms with E-state index in [1.165, 1.54) is 35.4 Å². The van der Waals surface area contributed by atoms with Crippen LogP contribution in [0.3, 0.4) is 0 Å². The fraction of sp³-hybridized carbons (Fsp3) is 0.462. The van der Waals surface area contributed by atoms with Crippen molar-refractivity contribution in [3.8, 4) is 0 Å². The summed E-state index contributed by atoms with van der Waals surface area (Å²) in [5, 5.41) is 2.84. The predicted octanol–water partition coefficient (Wildman–Crippen LogP) is 2.95. The van der Waals surface area contributed by atoms with E-state index in [0.29, 0.717) is 37.5 Å². The number of benzene rings is 2. The van der Waals surface area contributed by atoms with E-state index in [1.54, 1.807) is 4.90 Å². The van der Waals surface area contributed by atoms with Crippen LogP contribution in [0.4, 0.5) is 4.39 Å². The molecule has 6 nitrogen and oxygen atoms in total. The molecule has 3 rings (SSSR count). The zero-order valence-electron chi connectivity index (χ0n) is 19.8. The Balaban J connectivity index is 1.85. The maximum absolute atomic E-state index is 13.4. The summed E-state index contributed by atoms with van der Waals surface area (Å²) >= 11 is 0. The summed E-state index contributed by atoms with van der Waals surface area (Å²) in [6.07, 6.45) is 0.544. The summed E-state index contributed by atoms with van der Waals surface area (Å²) in [6.45, 7) is 9.14. The van der Waals surface area contributed by atoms with Crippen LogP contribution in [0.2, 0.25) is 0 Å². The summed E-state index contributed by atoms with van der Waals surface area (Å²) in [4.78, 5) is 30.3. The van der Waals surface area contributed by atoms with Gasteiger partial charge in [-0.1, -0.05) is 43.7 Å². The van der Waals surface area contributed by atoms with Crippen molar-refractivity contribution in [2.24, 2.45) is 11.7 Å². The van der Waals surface area contributed by atoms with E-state index in [-0.39, 0.29) is 17.9 Å². The molecule has 2 aromatic carbocycles. The second-order valence-electron chi connectivity index (χ2n) is 9.26. The molecule has 0 radical (unpaired) electrons. The van der Waals surface area contributed by atoms with Gasteiger partial charge < -0.3 is 16.0 Å². The molecular formula is C26H35FN4O2. The second kappa shape index (κ2) is 11.4. The Morgan fingerprint density at radius 2 is 1.82 bits per heavy atom. The number of hydrogen-bond acceptors (Lipinski definition) is 4. The Bertz CT molecular complexity index is 930. The van der Waals surface area contributed by atoms with Crippen LogP contribution in [0.25, 0.3) is 0 Å². The summed E-state index contributed by atoms with van der Waals surface area (Å²) in [7, 11) is 0. The SMILES string of the molecule is Cc1ccc(CN(CC(C)C)C2CC(C(=O)NCCN)N(C(=O)c3ccc(F)cc3)C2)cc1. The number of nitrogens with two attached hydrogens (primary N) is 1. The highest BCUT2D eigenvalue weighted by Gasteiger charge is 2.42. The molecule has 1 fully saturated rings. The zero-order valence-corrected chi connectivity index (χ0v) is 19.8. The highest BCUT2D eigenvalue weighted by Crippen LogP contribution is 2.27. The van der Waals surface area contributed by atoms with Crippen LogP contribution in [0.5, 0.6) is 0 Å². The van der Waals surface area contributed by atoms with Gasteiger partial charge in [-0.05, 0) is 49.1 Å². The molecule has 0 aliphatic carbocycles. The lowest BCUT2D eigenvalue weighted by Gasteiger charge is -2.30. The molecule has 1 saturated heterocycles. The summed E-state index contributed by atoms with van der Waals surface area (Å²) < 4.78 is 13.4. The van der Waals surface area contributed by atoms with E-state index in [4.69, 9.17) is 5.73 Å². The van der Waals surface area contributed by atoms with Gasteiger partial charge in [0, 0.05) is 44.3 Å². The molecule has 0 saturated carbocycles. The molecule has 7 heteroatoms. The van der Waals surface area contributed by atoms with Crippen LogP contribution < -0.4 is 11.1 Å². The molecule has 2 aromatic rings. The smallest absolute Gasteiger partial charge is 0.254 e. The maximum atomic E-state index is 13.4. The van der Waals surface area contributed by atoms with Crippen molar-refractivity contribution in [1.82, 2.24) is 15.1 Å². The first-order valence-electron chi connectivity index (χ1n) is 11.6. The van der Waals surface area contributed by atoms with Gasteiger partial charge >= 0.3 is 0 Å². The van der Waals surface area contributed by atoms with Crippen molar-refractivity contribution >= 4 is 11.8 Å². The number of hydrogen-bond donors (Lipinski definition) is 2. The molecule has 0 bridgehead atoms. The molecule has 1 aliphatic rings. The van der Waals surface area contributed by atoms with Gasteiger partial charge in [0.2, 0.25) is 5.91 Å². The predicted molar refractivity (Wildman–Crippen MR) is 128 cm³/mol. The fourth-order valence-corrected chi connectivity index (χ4v) is 4.36. The third-order valence-corrected chi connectivity index (χ3v) is 6.00. The van der Waals surface area contributed by atoms with Gasteiger partial charge in [-0.15, -0.1) is 0 Å². The molecule has 33 heavy (non-hydrogen) atoms. The first-order chi connectivity index (χ1) is 15.8. The molecular weight excluding hydrogens is 419 g/mol. The van der Waals surface area contributed by atoms with E-state index < -0.39 is 11.9 Å². The van der Waals surface area contributed by atoms with Crippen molar-refractivity contribution in [1.29, 1.82) is 0 Å². The van der Waals surface area contributed by atoms with Gasteiger partial charge in [-0.2, -0.15) is 0 Å². The highest BCUT2D eigenvalue weighted by molar-refractivity contribution is 5.98. The van der Waals surface area contributed by atoms with E-state index in [9.17, 15) is 14.0 Å². The minimum absolute atomic E-state index is 0.0340. The van der Waals surface area contributed by atoms with Crippen molar-refractivity contribution in [3.05, 3.63) is 71.0 Å². The zero-order chi connectivity index (χ0) is 24.0. The van der Waals surface area contributed by atoms with Crippen molar-refractivity contribution in [2.75, 3.05) is 26.2 Å². The van der Waals surface area contributed by atoms with Crippen LogP contribution in [-0.2, 0) is 11.3 Å². The van der Waals surface area contributed by atoms with Gasteiger partial charge in [-0.25, -0.2) is 4.39 Å². The normalized spacial score (nSPS) is 18.2. The van der Waals surface area contributed by atoms with Crippen LogP contribution >= 0.6 is 0 Å². The number of nitrogens with one attached hydrogen (secondary N) is 1. The van der Waals surface area contributed by atoms with Crippen molar-refractivity contribution in [2.45, 2.75) is 45.8 Å². The maximum Gasteiger partial charge on any atom is 0.254 e. The first kappa shape index (κ1) is 24.9. The van der Waals surface area contributed by atoms with Crippen LogP contribution in [0.1, 0.15) is 41.8 Å². The summed E-state index contributed by atoms with van der Waals surface area (Å²) in [5.41, 5.74) is 8.35. The average Bonchev–Trinajstić information content (AvgIpc) is 3.24. The lowest BCUT2D eigenvalue weighted by molar-refractivity contribution is -0.124. The molecule has 0 spiro atoms. The number of nitrogens with zero attached hydrogens (tertiary/aromatic N) is 2. The second-order valence-corrected chi connectivity index (χ2v) is 9.26. The number of carbonyl (C=O) groups is 2. The number of likely N-dealkylation sites (tertiary alicyclic amines) is 1. The van der Waals surface area contributed by atoms with E-state index in [2.05, 4.69) is 55.3 Å². The molecule has 1 aliphatic heterocycles.